The fourth-order valence-electron chi connectivity index (χ4n) is 3.79. The summed E-state index contributed by atoms with van der Waals surface area (Å²) in [5.74, 6) is 0.424. The first-order chi connectivity index (χ1) is 14.8. The zero-order chi connectivity index (χ0) is 22.3. The summed E-state index contributed by atoms with van der Waals surface area (Å²) in [7, 11) is 0. The molecular weight excluding hydrogens is 411 g/mol. The third kappa shape index (κ3) is 7.70. The van der Waals surface area contributed by atoms with Gasteiger partial charge in [0, 0.05) is 38.0 Å². The predicted molar refractivity (Wildman–Crippen MR) is 113 cm³/mol. The van der Waals surface area contributed by atoms with Gasteiger partial charge in [-0.15, -0.1) is 0 Å². The second-order valence-corrected chi connectivity index (χ2v) is 7.87. The fraction of sp³-hybridized carbons (Fsp3) is 0.619. The first-order valence-electron chi connectivity index (χ1n) is 10.7. The zero-order valence-electron chi connectivity index (χ0n) is 17.7. The number of hydrogen-bond acceptors (Lipinski definition) is 4. The minimum Gasteiger partial charge on any atom is -0.368 e. The maximum absolute atomic E-state index is 12.6. The predicted octanol–water partition coefficient (Wildman–Crippen LogP) is 2.50. The molecule has 2 saturated heterocycles. The smallest absolute Gasteiger partial charge is 0.368 e. The average molecular weight is 441 g/mol. The van der Waals surface area contributed by atoms with Crippen molar-refractivity contribution in [3.8, 4) is 0 Å². The Hall–Kier alpha value is -2.33. The number of benzene rings is 1. The second-order valence-electron chi connectivity index (χ2n) is 7.87. The number of carbonyl (C=O) groups excluding carboxylic acids is 1. The molecule has 0 aliphatic carbocycles. The number of alkyl halides is 3. The van der Waals surface area contributed by atoms with Gasteiger partial charge in [0.1, 0.15) is 6.10 Å². The Morgan fingerprint density at radius 2 is 2.16 bits per heavy atom. The molecule has 2 heterocycles. The van der Waals surface area contributed by atoms with E-state index in [4.69, 9.17) is 4.74 Å². The molecule has 2 fully saturated rings. The summed E-state index contributed by atoms with van der Waals surface area (Å²) in [5, 5.41) is 9.25. The van der Waals surface area contributed by atoms with E-state index in [0.29, 0.717) is 50.9 Å². The number of aliphatic imine (C=N–C) groups is 1. The summed E-state index contributed by atoms with van der Waals surface area (Å²) in [6.45, 7) is 3.41. The van der Waals surface area contributed by atoms with E-state index in [1.807, 2.05) is 31.2 Å². The lowest BCUT2D eigenvalue weighted by molar-refractivity contribution is -0.143. The number of amides is 1. The molecule has 1 aromatic rings. The van der Waals surface area contributed by atoms with Gasteiger partial charge >= 0.3 is 6.18 Å². The molecule has 0 radical (unpaired) electrons. The zero-order valence-corrected chi connectivity index (χ0v) is 17.7. The molecule has 2 unspecified atom stereocenters. The Morgan fingerprint density at radius 1 is 1.32 bits per heavy atom. The molecule has 31 heavy (non-hydrogen) atoms. The Morgan fingerprint density at radius 3 is 2.87 bits per heavy atom. The highest BCUT2D eigenvalue weighted by Crippen LogP contribution is 2.20. The number of rotatable bonds is 7. The maximum atomic E-state index is 12.6. The summed E-state index contributed by atoms with van der Waals surface area (Å²) in [6.07, 6.45) is -2.32. The summed E-state index contributed by atoms with van der Waals surface area (Å²) in [5.41, 5.74) is 1.59. The van der Waals surface area contributed by atoms with Crippen LogP contribution in [-0.4, -0.2) is 67.9 Å². The van der Waals surface area contributed by atoms with E-state index < -0.39 is 18.8 Å². The van der Waals surface area contributed by atoms with E-state index >= 15 is 0 Å². The van der Waals surface area contributed by atoms with Crippen molar-refractivity contribution in [1.29, 1.82) is 0 Å². The third-order valence-electron chi connectivity index (χ3n) is 5.20. The van der Waals surface area contributed by atoms with Crippen molar-refractivity contribution in [2.24, 2.45) is 4.99 Å². The molecule has 0 bridgehead atoms. The fourth-order valence-corrected chi connectivity index (χ4v) is 3.79. The molecule has 1 aromatic carbocycles. The van der Waals surface area contributed by atoms with Crippen molar-refractivity contribution in [3.05, 3.63) is 29.8 Å². The molecule has 2 atom stereocenters. The highest BCUT2D eigenvalue weighted by atomic mass is 19.4. The number of nitrogens with zero attached hydrogens (tertiary/aromatic N) is 2. The van der Waals surface area contributed by atoms with Gasteiger partial charge in [0.15, 0.2) is 5.96 Å². The number of halogens is 3. The van der Waals surface area contributed by atoms with E-state index in [2.05, 4.69) is 20.9 Å². The van der Waals surface area contributed by atoms with Crippen LogP contribution >= 0.6 is 0 Å². The average Bonchev–Trinajstić information content (AvgIpc) is 3.38. The largest absolute Gasteiger partial charge is 0.401 e. The van der Waals surface area contributed by atoms with Crippen molar-refractivity contribution < 1.29 is 22.7 Å². The van der Waals surface area contributed by atoms with Crippen molar-refractivity contribution >= 4 is 17.6 Å². The Labute approximate surface area is 180 Å². The number of likely N-dealkylation sites (tertiary alicyclic amines) is 1. The number of carbonyl (C=O) groups is 1. The molecule has 0 saturated carbocycles. The molecular formula is C21H30F3N5O2. The maximum Gasteiger partial charge on any atom is 0.401 e. The van der Waals surface area contributed by atoms with Gasteiger partial charge in [-0.3, -0.25) is 9.69 Å². The molecule has 2 aliphatic rings. The Kier molecular flexibility index (Phi) is 8.14. The van der Waals surface area contributed by atoms with E-state index in [1.54, 1.807) is 0 Å². The first-order valence-corrected chi connectivity index (χ1v) is 10.7. The quantitative estimate of drug-likeness (QED) is 0.448. The minimum absolute atomic E-state index is 0.0859. The summed E-state index contributed by atoms with van der Waals surface area (Å²) in [6, 6.07) is 7.35. The minimum atomic E-state index is -4.18. The standard InChI is InChI=1S/C21H30F3N5O2/c1-2-25-20(28-17-8-9-29(13-17)14-21(22,23)24)26-12-15-5-3-6-16(11-15)27-19(30)18-7-4-10-31-18/h3,5-6,11,17-18H,2,4,7-10,12-14H2,1H3,(H,27,30)(H2,25,26,28). The number of anilines is 1. The highest BCUT2D eigenvalue weighted by molar-refractivity contribution is 5.94. The third-order valence-corrected chi connectivity index (χ3v) is 5.20. The molecule has 1 amide bonds. The van der Waals surface area contributed by atoms with Crippen LogP contribution in [0.15, 0.2) is 29.3 Å². The molecule has 10 heteroatoms. The second kappa shape index (κ2) is 10.8. The van der Waals surface area contributed by atoms with Gasteiger partial charge in [-0.2, -0.15) is 13.2 Å². The van der Waals surface area contributed by atoms with Gasteiger partial charge in [-0.05, 0) is 43.9 Å². The molecule has 172 valence electrons. The SMILES string of the molecule is CCNC(=NCc1cccc(NC(=O)C2CCCO2)c1)NC1CCN(CC(F)(F)F)C1. The van der Waals surface area contributed by atoms with Crippen LogP contribution in [0.1, 0.15) is 31.7 Å². The normalized spacial score (nSPS) is 22.5. The van der Waals surface area contributed by atoms with Gasteiger partial charge in [-0.1, -0.05) is 12.1 Å². The van der Waals surface area contributed by atoms with Gasteiger partial charge in [0.2, 0.25) is 0 Å². The van der Waals surface area contributed by atoms with Crippen LogP contribution in [0.3, 0.4) is 0 Å². The van der Waals surface area contributed by atoms with Crippen molar-refractivity contribution in [2.75, 3.05) is 38.1 Å². The first kappa shape index (κ1) is 23.3. The van der Waals surface area contributed by atoms with Gasteiger partial charge in [-0.25, -0.2) is 4.99 Å². The molecule has 3 N–H and O–H groups in total. The van der Waals surface area contributed by atoms with Crippen LogP contribution in [-0.2, 0) is 16.1 Å². The molecule has 0 spiro atoms. The molecule has 0 aromatic heterocycles. The molecule has 2 aliphatic heterocycles. The van der Waals surface area contributed by atoms with Crippen LogP contribution in [0.5, 0.6) is 0 Å². The number of hydrogen-bond donors (Lipinski definition) is 3. The van der Waals surface area contributed by atoms with Crippen LogP contribution in [0.2, 0.25) is 0 Å². The van der Waals surface area contributed by atoms with E-state index in [9.17, 15) is 18.0 Å². The van der Waals surface area contributed by atoms with E-state index in [1.165, 1.54) is 4.90 Å². The number of ether oxygens (including phenoxy) is 1. The monoisotopic (exact) mass is 441 g/mol. The summed E-state index contributed by atoms with van der Waals surface area (Å²) >= 11 is 0. The Bertz CT molecular complexity index is 766. The summed E-state index contributed by atoms with van der Waals surface area (Å²) < 4.78 is 43.2. The number of nitrogens with one attached hydrogen (secondary N) is 3. The molecule has 3 rings (SSSR count). The van der Waals surface area contributed by atoms with Gasteiger partial charge in [0.05, 0.1) is 13.1 Å². The van der Waals surface area contributed by atoms with Crippen molar-refractivity contribution in [3.63, 3.8) is 0 Å². The topological polar surface area (TPSA) is 78.0 Å². The van der Waals surface area contributed by atoms with Crippen LogP contribution < -0.4 is 16.0 Å². The van der Waals surface area contributed by atoms with Crippen LogP contribution in [0, 0.1) is 0 Å². The van der Waals surface area contributed by atoms with Crippen molar-refractivity contribution in [1.82, 2.24) is 15.5 Å². The van der Waals surface area contributed by atoms with Crippen LogP contribution in [0.4, 0.5) is 18.9 Å². The lowest BCUT2D eigenvalue weighted by Gasteiger charge is -2.19. The summed E-state index contributed by atoms with van der Waals surface area (Å²) in [4.78, 5) is 18.2. The highest BCUT2D eigenvalue weighted by Gasteiger charge is 2.34. The van der Waals surface area contributed by atoms with Crippen molar-refractivity contribution in [2.45, 2.75) is 51.1 Å². The van der Waals surface area contributed by atoms with Gasteiger partial charge in [0.25, 0.3) is 5.91 Å². The van der Waals surface area contributed by atoms with Crippen LogP contribution in [0.25, 0.3) is 0 Å². The lowest BCUT2D eigenvalue weighted by Crippen LogP contribution is -2.45. The van der Waals surface area contributed by atoms with E-state index in [-0.39, 0.29) is 11.9 Å². The van der Waals surface area contributed by atoms with E-state index in [0.717, 1.165) is 18.4 Å². The van der Waals surface area contributed by atoms with Gasteiger partial charge < -0.3 is 20.7 Å². The molecule has 7 nitrogen and oxygen atoms in total. The lowest BCUT2D eigenvalue weighted by atomic mass is 10.2. The number of guanidine groups is 1. The Balaban J connectivity index is 1.54.